The molecule has 0 unspecified atom stereocenters. The molecule has 1 aromatic carbocycles. The normalized spacial score (nSPS) is 11.7. The lowest BCUT2D eigenvalue weighted by Crippen LogP contribution is -2.14. The van der Waals surface area contributed by atoms with Crippen LogP contribution < -0.4 is 0 Å². The Morgan fingerprint density at radius 1 is 0.875 bits per heavy atom. The summed E-state index contributed by atoms with van der Waals surface area (Å²) in [4.78, 5) is 2.27. The van der Waals surface area contributed by atoms with Crippen LogP contribution in [0.2, 0.25) is 0 Å². The minimum absolute atomic E-state index is 1.12. The molecule has 0 amide bonds. The average Bonchev–Trinajstić information content (AvgIpc) is 2.93. The highest BCUT2D eigenvalue weighted by atomic mass is 15.0. The summed E-state index contributed by atoms with van der Waals surface area (Å²) >= 11 is 0. The van der Waals surface area contributed by atoms with Gasteiger partial charge in [0.1, 0.15) is 0 Å². The van der Waals surface area contributed by atoms with Gasteiger partial charge in [-0.1, -0.05) is 70.1 Å². The summed E-state index contributed by atoms with van der Waals surface area (Å²) in [6.07, 6.45) is 14.6. The van der Waals surface area contributed by atoms with Gasteiger partial charge < -0.3 is 9.47 Å². The van der Waals surface area contributed by atoms with Crippen LogP contribution in [-0.2, 0) is 13.0 Å². The van der Waals surface area contributed by atoms with Gasteiger partial charge in [0.05, 0.1) is 0 Å². The number of hydrogen-bond donors (Lipinski definition) is 0. The van der Waals surface area contributed by atoms with Gasteiger partial charge in [0.2, 0.25) is 0 Å². The Hall–Kier alpha value is -1.28. The number of rotatable bonds is 12. The first kappa shape index (κ1) is 19.1. The number of nitrogens with zero attached hydrogens (tertiary/aromatic N) is 2. The number of aromatic nitrogens is 1. The molecular formula is C22H36N2. The second-order valence-electron chi connectivity index (χ2n) is 7.39. The summed E-state index contributed by atoms with van der Waals surface area (Å²) in [5.74, 6) is 0. The van der Waals surface area contributed by atoms with Gasteiger partial charge in [0.25, 0.3) is 0 Å². The number of likely N-dealkylation sites (N-methyl/N-ethyl adjacent to an activating group) is 1. The van der Waals surface area contributed by atoms with E-state index in [1.54, 1.807) is 0 Å². The van der Waals surface area contributed by atoms with Gasteiger partial charge in [-0.3, -0.25) is 0 Å². The van der Waals surface area contributed by atoms with Gasteiger partial charge >= 0.3 is 0 Å². The van der Waals surface area contributed by atoms with Crippen LogP contribution in [0, 0.1) is 0 Å². The Balaban J connectivity index is 1.83. The largest absolute Gasteiger partial charge is 0.347 e. The maximum atomic E-state index is 2.48. The van der Waals surface area contributed by atoms with E-state index in [-0.39, 0.29) is 0 Å². The second kappa shape index (κ2) is 10.6. The Bertz CT molecular complexity index is 583. The summed E-state index contributed by atoms with van der Waals surface area (Å²) in [7, 11) is 4.30. The lowest BCUT2D eigenvalue weighted by molar-refractivity contribution is 0.414. The molecule has 0 saturated heterocycles. The van der Waals surface area contributed by atoms with E-state index >= 15 is 0 Å². The van der Waals surface area contributed by atoms with E-state index in [9.17, 15) is 0 Å². The molecule has 134 valence electrons. The van der Waals surface area contributed by atoms with Gasteiger partial charge in [-0.25, -0.2) is 0 Å². The zero-order chi connectivity index (χ0) is 17.2. The Kier molecular flexibility index (Phi) is 8.38. The van der Waals surface area contributed by atoms with Crippen LogP contribution in [0.25, 0.3) is 10.9 Å². The molecule has 0 spiro atoms. The van der Waals surface area contributed by atoms with Crippen molar-refractivity contribution in [1.82, 2.24) is 9.47 Å². The molecule has 24 heavy (non-hydrogen) atoms. The zero-order valence-corrected chi connectivity index (χ0v) is 16.1. The fourth-order valence-corrected chi connectivity index (χ4v) is 3.47. The third-order valence-electron chi connectivity index (χ3n) is 4.95. The Labute approximate surface area is 148 Å². The van der Waals surface area contributed by atoms with E-state index in [0.29, 0.717) is 0 Å². The molecule has 0 aliphatic carbocycles. The standard InChI is InChI=1S/C22H36N2/c1-4-5-6-7-8-9-10-13-17-24-19-20(16-18-23(2)3)21-14-11-12-15-22(21)24/h11-12,14-15,19H,4-10,13,16-18H2,1-3H3. The number of aryl methyl sites for hydroxylation is 1. The van der Waals surface area contributed by atoms with E-state index in [1.807, 2.05) is 0 Å². The van der Waals surface area contributed by atoms with Crippen molar-refractivity contribution in [2.45, 2.75) is 71.3 Å². The Morgan fingerprint density at radius 2 is 1.54 bits per heavy atom. The number of hydrogen-bond acceptors (Lipinski definition) is 1. The number of para-hydroxylation sites is 1. The number of fused-ring (bicyclic) bond motifs is 1. The van der Waals surface area contributed by atoms with Crippen molar-refractivity contribution in [2.75, 3.05) is 20.6 Å². The molecule has 2 nitrogen and oxygen atoms in total. The summed E-state index contributed by atoms with van der Waals surface area (Å²) in [5, 5.41) is 1.44. The van der Waals surface area contributed by atoms with E-state index in [4.69, 9.17) is 0 Å². The van der Waals surface area contributed by atoms with E-state index in [1.165, 1.54) is 67.8 Å². The molecule has 0 N–H and O–H groups in total. The molecule has 0 bridgehead atoms. The number of benzene rings is 1. The highest BCUT2D eigenvalue weighted by Gasteiger charge is 2.08. The monoisotopic (exact) mass is 328 g/mol. The SMILES string of the molecule is CCCCCCCCCCn1cc(CCN(C)C)c2ccccc21. The molecular weight excluding hydrogens is 292 g/mol. The van der Waals surface area contributed by atoms with Crippen molar-refractivity contribution in [3.63, 3.8) is 0 Å². The van der Waals surface area contributed by atoms with Crippen LogP contribution in [-0.4, -0.2) is 30.1 Å². The van der Waals surface area contributed by atoms with Gasteiger partial charge in [-0.2, -0.15) is 0 Å². The smallest absolute Gasteiger partial charge is 0.0483 e. The first-order chi connectivity index (χ1) is 11.7. The molecule has 0 radical (unpaired) electrons. The van der Waals surface area contributed by atoms with Crippen LogP contribution in [0.4, 0.5) is 0 Å². The Morgan fingerprint density at radius 3 is 2.25 bits per heavy atom. The molecule has 0 aliphatic heterocycles. The lowest BCUT2D eigenvalue weighted by atomic mass is 10.1. The molecule has 2 heteroatoms. The van der Waals surface area contributed by atoms with Crippen LogP contribution >= 0.6 is 0 Å². The first-order valence-electron chi connectivity index (χ1n) is 9.94. The summed E-state index contributed by atoms with van der Waals surface area (Å²) in [5.41, 5.74) is 2.91. The van der Waals surface area contributed by atoms with Gasteiger partial charge in [0, 0.05) is 30.2 Å². The van der Waals surface area contributed by atoms with E-state index in [2.05, 4.69) is 60.9 Å². The van der Waals surface area contributed by atoms with Crippen molar-refractivity contribution in [3.05, 3.63) is 36.0 Å². The molecule has 2 aromatic rings. The fourth-order valence-electron chi connectivity index (χ4n) is 3.47. The zero-order valence-electron chi connectivity index (χ0n) is 16.1. The van der Waals surface area contributed by atoms with E-state index in [0.717, 1.165) is 19.5 Å². The highest BCUT2D eigenvalue weighted by Crippen LogP contribution is 2.22. The van der Waals surface area contributed by atoms with Crippen LogP contribution in [0.15, 0.2) is 30.5 Å². The lowest BCUT2D eigenvalue weighted by Gasteiger charge is -2.08. The second-order valence-corrected chi connectivity index (χ2v) is 7.39. The van der Waals surface area contributed by atoms with Crippen molar-refractivity contribution in [3.8, 4) is 0 Å². The van der Waals surface area contributed by atoms with Crippen LogP contribution in [0.5, 0.6) is 0 Å². The van der Waals surface area contributed by atoms with Crippen molar-refractivity contribution in [2.24, 2.45) is 0 Å². The quantitative estimate of drug-likeness (QED) is 0.441. The topological polar surface area (TPSA) is 8.17 Å². The predicted octanol–water partition coefficient (Wildman–Crippen LogP) is 5.89. The number of unbranched alkanes of at least 4 members (excludes halogenated alkanes) is 7. The van der Waals surface area contributed by atoms with Crippen molar-refractivity contribution < 1.29 is 0 Å². The van der Waals surface area contributed by atoms with Crippen molar-refractivity contribution in [1.29, 1.82) is 0 Å². The predicted molar refractivity (Wildman–Crippen MR) is 107 cm³/mol. The van der Waals surface area contributed by atoms with E-state index < -0.39 is 0 Å². The van der Waals surface area contributed by atoms with Crippen LogP contribution in [0.3, 0.4) is 0 Å². The molecule has 1 heterocycles. The fraction of sp³-hybridized carbons (Fsp3) is 0.636. The molecule has 2 rings (SSSR count). The first-order valence-corrected chi connectivity index (χ1v) is 9.94. The third-order valence-corrected chi connectivity index (χ3v) is 4.95. The summed E-state index contributed by atoms with van der Waals surface area (Å²) < 4.78 is 2.48. The van der Waals surface area contributed by atoms with Crippen molar-refractivity contribution >= 4 is 10.9 Å². The van der Waals surface area contributed by atoms with Gasteiger partial charge in [-0.05, 0) is 38.6 Å². The molecule has 0 aliphatic rings. The minimum atomic E-state index is 1.12. The van der Waals surface area contributed by atoms with Crippen LogP contribution in [0.1, 0.15) is 63.9 Å². The summed E-state index contributed by atoms with van der Waals surface area (Å²) in [6.45, 7) is 4.57. The highest BCUT2D eigenvalue weighted by molar-refractivity contribution is 5.84. The molecule has 0 fully saturated rings. The summed E-state index contributed by atoms with van der Waals surface area (Å²) in [6, 6.07) is 8.90. The molecule has 1 aromatic heterocycles. The molecule has 0 saturated carbocycles. The average molecular weight is 329 g/mol. The van der Waals surface area contributed by atoms with Gasteiger partial charge in [-0.15, -0.1) is 0 Å². The minimum Gasteiger partial charge on any atom is -0.347 e. The van der Waals surface area contributed by atoms with Gasteiger partial charge in [0.15, 0.2) is 0 Å². The third kappa shape index (κ3) is 5.98. The molecule has 0 atom stereocenters. The maximum absolute atomic E-state index is 2.48. The maximum Gasteiger partial charge on any atom is 0.0483 e.